The van der Waals surface area contributed by atoms with E-state index in [4.69, 9.17) is 4.74 Å². The van der Waals surface area contributed by atoms with Crippen molar-refractivity contribution < 1.29 is 9.53 Å². The fourth-order valence-electron chi connectivity index (χ4n) is 2.51. The maximum Gasteiger partial charge on any atom is 0.253 e. The Morgan fingerprint density at radius 3 is 2.74 bits per heavy atom. The number of nitrogens with zero attached hydrogens (tertiary/aromatic N) is 1. The first-order chi connectivity index (χ1) is 9.00. The second kappa shape index (κ2) is 6.06. The van der Waals surface area contributed by atoms with Crippen molar-refractivity contribution in [3.63, 3.8) is 0 Å². The van der Waals surface area contributed by atoms with E-state index in [2.05, 4.69) is 22.9 Å². The zero-order valence-corrected chi connectivity index (χ0v) is 13.1. The second-order valence-corrected chi connectivity index (χ2v) is 6.51. The van der Waals surface area contributed by atoms with E-state index < -0.39 is 0 Å². The molecule has 1 aliphatic rings. The van der Waals surface area contributed by atoms with Gasteiger partial charge >= 0.3 is 0 Å². The van der Waals surface area contributed by atoms with E-state index in [0.29, 0.717) is 0 Å². The standard InChI is InChI=1S/C15H20BrNO2/c1-15(6-8-19-9-7-15)11-17(2)14(18)12-4-3-5-13(16)10-12/h3-5,10H,6-9,11H2,1-2H3. The van der Waals surface area contributed by atoms with Crippen LogP contribution in [0.2, 0.25) is 0 Å². The van der Waals surface area contributed by atoms with Gasteiger partial charge in [-0.05, 0) is 36.5 Å². The third kappa shape index (κ3) is 3.80. The van der Waals surface area contributed by atoms with Gasteiger partial charge < -0.3 is 9.64 Å². The first-order valence-electron chi connectivity index (χ1n) is 6.59. The van der Waals surface area contributed by atoms with E-state index in [1.165, 1.54) is 0 Å². The minimum Gasteiger partial charge on any atom is -0.381 e. The molecule has 0 unspecified atom stereocenters. The van der Waals surface area contributed by atoms with Gasteiger partial charge in [-0.3, -0.25) is 4.79 Å². The van der Waals surface area contributed by atoms with Crippen LogP contribution < -0.4 is 0 Å². The smallest absolute Gasteiger partial charge is 0.253 e. The normalized spacial score (nSPS) is 18.1. The topological polar surface area (TPSA) is 29.5 Å². The molecule has 19 heavy (non-hydrogen) atoms. The molecule has 1 amide bonds. The zero-order chi connectivity index (χ0) is 13.9. The third-order valence-corrected chi connectivity index (χ3v) is 4.23. The van der Waals surface area contributed by atoms with Crippen LogP contribution in [0.15, 0.2) is 28.7 Å². The molecular formula is C15H20BrNO2. The minimum absolute atomic E-state index is 0.0778. The first kappa shape index (κ1) is 14.5. The van der Waals surface area contributed by atoms with Crippen LogP contribution in [0.25, 0.3) is 0 Å². The Labute approximate surface area is 123 Å². The van der Waals surface area contributed by atoms with Crippen LogP contribution in [0.4, 0.5) is 0 Å². The molecule has 1 aromatic carbocycles. The number of amides is 1. The fourth-order valence-corrected chi connectivity index (χ4v) is 2.91. The molecule has 3 nitrogen and oxygen atoms in total. The van der Waals surface area contributed by atoms with Gasteiger partial charge in [-0.25, -0.2) is 0 Å². The summed E-state index contributed by atoms with van der Waals surface area (Å²) in [4.78, 5) is 14.2. The number of rotatable bonds is 3. The quantitative estimate of drug-likeness (QED) is 0.853. The predicted molar refractivity (Wildman–Crippen MR) is 79.3 cm³/mol. The summed E-state index contributed by atoms with van der Waals surface area (Å²) in [5, 5.41) is 0. The second-order valence-electron chi connectivity index (χ2n) is 5.59. The number of hydrogen-bond acceptors (Lipinski definition) is 2. The molecule has 1 aromatic rings. The Morgan fingerprint density at radius 1 is 1.42 bits per heavy atom. The molecular weight excluding hydrogens is 306 g/mol. The largest absolute Gasteiger partial charge is 0.381 e. The van der Waals surface area contributed by atoms with Gasteiger partial charge in [0, 0.05) is 36.8 Å². The summed E-state index contributed by atoms with van der Waals surface area (Å²) in [5.74, 6) is 0.0778. The van der Waals surface area contributed by atoms with Crippen LogP contribution in [0.1, 0.15) is 30.1 Å². The molecule has 1 aliphatic heterocycles. The summed E-state index contributed by atoms with van der Waals surface area (Å²) in [6, 6.07) is 7.54. The highest BCUT2D eigenvalue weighted by atomic mass is 79.9. The average Bonchev–Trinajstić information content (AvgIpc) is 2.38. The van der Waals surface area contributed by atoms with E-state index in [9.17, 15) is 4.79 Å². The molecule has 0 aromatic heterocycles. The van der Waals surface area contributed by atoms with E-state index in [1.54, 1.807) is 0 Å². The van der Waals surface area contributed by atoms with Crippen LogP contribution in [-0.4, -0.2) is 37.6 Å². The number of hydrogen-bond donors (Lipinski definition) is 0. The Hall–Kier alpha value is -0.870. The van der Waals surface area contributed by atoms with Crippen molar-refractivity contribution in [3.05, 3.63) is 34.3 Å². The van der Waals surface area contributed by atoms with Crippen molar-refractivity contribution >= 4 is 21.8 Å². The summed E-state index contributed by atoms with van der Waals surface area (Å²) in [6.07, 6.45) is 2.03. The average molecular weight is 326 g/mol. The summed E-state index contributed by atoms with van der Waals surface area (Å²) < 4.78 is 6.33. The van der Waals surface area contributed by atoms with Crippen molar-refractivity contribution in [3.8, 4) is 0 Å². The van der Waals surface area contributed by atoms with Gasteiger partial charge in [0.25, 0.3) is 5.91 Å². The van der Waals surface area contributed by atoms with Gasteiger partial charge in [-0.2, -0.15) is 0 Å². The molecule has 0 N–H and O–H groups in total. The lowest BCUT2D eigenvalue weighted by molar-refractivity contribution is 0.00917. The summed E-state index contributed by atoms with van der Waals surface area (Å²) in [7, 11) is 1.88. The highest BCUT2D eigenvalue weighted by molar-refractivity contribution is 9.10. The van der Waals surface area contributed by atoms with Gasteiger partial charge in [0.2, 0.25) is 0 Å². The zero-order valence-electron chi connectivity index (χ0n) is 11.5. The maximum absolute atomic E-state index is 12.4. The molecule has 0 aliphatic carbocycles. The van der Waals surface area contributed by atoms with Gasteiger partial charge in [0.15, 0.2) is 0 Å². The molecule has 2 rings (SSSR count). The number of halogens is 1. The summed E-state index contributed by atoms with van der Waals surface area (Å²) in [5.41, 5.74) is 0.904. The third-order valence-electron chi connectivity index (χ3n) is 3.74. The number of benzene rings is 1. The molecule has 0 bridgehead atoms. The highest BCUT2D eigenvalue weighted by Gasteiger charge is 2.30. The first-order valence-corrected chi connectivity index (χ1v) is 7.38. The number of carbonyl (C=O) groups is 1. The minimum atomic E-state index is 0.0778. The lowest BCUT2D eigenvalue weighted by atomic mass is 9.82. The lowest BCUT2D eigenvalue weighted by Crippen LogP contribution is -2.40. The van der Waals surface area contributed by atoms with Crippen LogP contribution in [-0.2, 0) is 4.74 Å². The van der Waals surface area contributed by atoms with Crippen molar-refractivity contribution in [2.75, 3.05) is 26.8 Å². The monoisotopic (exact) mass is 325 g/mol. The molecule has 1 fully saturated rings. The molecule has 1 saturated heterocycles. The molecule has 0 radical (unpaired) electrons. The van der Waals surface area contributed by atoms with Crippen molar-refractivity contribution in [2.24, 2.45) is 5.41 Å². The summed E-state index contributed by atoms with van der Waals surface area (Å²) >= 11 is 3.40. The Kier molecular flexibility index (Phi) is 4.63. The van der Waals surface area contributed by atoms with Crippen LogP contribution in [0.3, 0.4) is 0 Å². The summed E-state index contributed by atoms with van der Waals surface area (Å²) in [6.45, 7) is 4.62. The van der Waals surface area contributed by atoms with E-state index in [-0.39, 0.29) is 11.3 Å². The molecule has 104 valence electrons. The van der Waals surface area contributed by atoms with Gasteiger partial charge in [0.05, 0.1) is 0 Å². The highest BCUT2D eigenvalue weighted by Crippen LogP contribution is 2.30. The van der Waals surface area contributed by atoms with E-state index in [1.807, 2.05) is 36.2 Å². The molecule has 1 heterocycles. The SMILES string of the molecule is CN(CC1(C)CCOCC1)C(=O)c1cccc(Br)c1. The van der Waals surface area contributed by atoms with Gasteiger partial charge in [0.1, 0.15) is 0 Å². The molecule has 0 saturated carbocycles. The van der Waals surface area contributed by atoms with Crippen LogP contribution in [0, 0.1) is 5.41 Å². The lowest BCUT2D eigenvalue weighted by Gasteiger charge is -2.36. The fraction of sp³-hybridized carbons (Fsp3) is 0.533. The maximum atomic E-state index is 12.4. The Balaban J connectivity index is 2.03. The van der Waals surface area contributed by atoms with Gasteiger partial charge in [-0.1, -0.05) is 28.9 Å². The van der Waals surface area contributed by atoms with Crippen LogP contribution in [0.5, 0.6) is 0 Å². The number of ether oxygens (including phenoxy) is 1. The number of carbonyl (C=O) groups excluding carboxylic acids is 1. The van der Waals surface area contributed by atoms with Crippen LogP contribution >= 0.6 is 15.9 Å². The Bertz CT molecular complexity index is 455. The van der Waals surface area contributed by atoms with Gasteiger partial charge in [-0.15, -0.1) is 0 Å². The predicted octanol–water partition coefficient (Wildman–Crippen LogP) is 3.34. The molecule has 0 atom stereocenters. The van der Waals surface area contributed by atoms with E-state index >= 15 is 0 Å². The molecule has 0 spiro atoms. The van der Waals surface area contributed by atoms with Crippen molar-refractivity contribution in [1.29, 1.82) is 0 Å². The molecule has 4 heteroatoms. The van der Waals surface area contributed by atoms with E-state index in [0.717, 1.165) is 42.6 Å². The van der Waals surface area contributed by atoms with Crippen molar-refractivity contribution in [1.82, 2.24) is 4.90 Å². The van der Waals surface area contributed by atoms with Crippen molar-refractivity contribution in [2.45, 2.75) is 19.8 Å². The Morgan fingerprint density at radius 2 is 2.11 bits per heavy atom.